The summed E-state index contributed by atoms with van der Waals surface area (Å²) in [5, 5.41) is 0.669. The number of amidine groups is 1. The number of hydrogen-bond acceptors (Lipinski definition) is 4. The van der Waals surface area contributed by atoms with Gasteiger partial charge in [0, 0.05) is 18.2 Å². The number of carbonyl (C=O) groups is 1. The van der Waals surface area contributed by atoms with E-state index in [9.17, 15) is 13.2 Å². The lowest BCUT2D eigenvalue weighted by Crippen LogP contribution is -2.39. The molecule has 2 aliphatic heterocycles. The average molecular weight is 443 g/mol. The van der Waals surface area contributed by atoms with Gasteiger partial charge < -0.3 is 4.90 Å². The lowest BCUT2D eigenvalue weighted by molar-refractivity contribution is -0.117. The predicted octanol–water partition coefficient (Wildman–Crippen LogP) is 3.35. The second-order valence-corrected chi connectivity index (χ2v) is 11.2. The van der Waals surface area contributed by atoms with E-state index in [0.717, 1.165) is 19.3 Å². The second kappa shape index (κ2) is 9.35. The van der Waals surface area contributed by atoms with Gasteiger partial charge in [-0.2, -0.15) is 4.99 Å². The minimum Gasteiger partial charge on any atom is -0.346 e. The number of benzene rings is 2. The maximum Gasteiger partial charge on any atom is 0.248 e. The van der Waals surface area contributed by atoms with Crippen LogP contribution in [0.1, 0.15) is 24.0 Å². The van der Waals surface area contributed by atoms with Crippen LogP contribution >= 0.6 is 11.8 Å². The number of thioether (sulfide) groups is 1. The van der Waals surface area contributed by atoms with Crippen molar-refractivity contribution in [1.29, 1.82) is 0 Å². The standard InChI is InChI=1S/C23H26N2O3S2/c26-22(13-7-12-18-8-3-1-4-9-18)24-23-25(15-14-19-10-5-2-6-11-19)20-16-30(27,28)17-21(20)29-23/h1-6,8-11,20-21H,7,12-17H2/t20-,21-/m1/s1. The first-order chi connectivity index (χ1) is 14.5. The second-order valence-electron chi connectivity index (χ2n) is 7.86. The minimum atomic E-state index is -3.02. The molecule has 2 fully saturated rings. The van der Waals surface area contributed by atoms with Crippen LogP contribution in [0, 0.1) is 0 Å². The van der Waals surface area contributed by atoms with Gasteiger partial charge in [-0.1, -0.05) is 72.4 Å². The summed E-state index contributed by atoms with van der Waals surface area (Å²) in [5.41, 5.74) is 2.41. The molecule has 2 saturated heterocycles. The highest BCUT2D eigenvalue weighted by atomic mass is 32.2. The number of aliphatic imine (C=N–C) groups is 1. The molecule has 0 aromatic heterocycles. The van der Waals surface area contributed by atoms with E-state index in [1.165, 1.54) is 22.9 Å². The van der Waals surface area contributed by atoms with Crippen molar-refractivity contribution in [2.24, 2.45) is 4.99 Å². The van der Waals surface area contributed by atoms with E-state index in [4.69, 9.17) is 0 Å². The number of fused-ring (bicyclic) bond motifs is 1. The molecule has 0 saturated carbocycles. The van der Waals surface area contributed by atoms with Gasteiger partial charge in [-0.25, -0.2) is 8.42 Å². The van der Waals surface area contributed by atoms with Crippen molar-refractivity contribution >= 4 is 32.7 Å². The first-order valence-corrected chi connectivity index (χ1v) is 13.0. The van der Waals surface area contributed by atoms with Crippen molar-refractivity contribution in [1.82, 2.24) is 4.90 Å². The van der Waals surface area contributed by atoms with Gasteiger partial charge in [0.25, 0.3) is 0 Å². The summed E-state index contributed by atoms with van der Waals surface area (Å²) in [6.07, 6.45) is 2.81. The molecule has 0 bridgehead atoms. The first-order valence-electron chi connectivity index (χ1n) is 10.3. The highest BCUT2D eigenvalue weighted by Crippen LogP contribution is 2.38. The molecule has 30 heavy (non-hydrogen) atoms. The zero-order valence-corrected chi connectivity index (χ0v) is 18.4. The van der Waals surface area contributed by atoms with Crippen molar-refractivity contribution in [2.45, 2.75) is 37.0 Å². The van der Waals surface area contributed by atoms with Crippen molar-refractivity contribution in [3.05, 3.63) is 71.8 Å². The van der Waals surface area contributed by atoms with E-state index in [1.807, 2.05) is 36.4 Å². The molecule has 2 aromatic rings. The molecule has 1 amide bonds. The van der Waals surface area contributed by atoms with E-state index in [2.05, 4.69) is 34.2 Å². The zero-order chi connectivity index (χ0) is 21.0. The summed E-state index contributed by atoms with van der Waals surface area (Å²) in [4.78, 5) is 19.0. The third-order valence-corrected chi connectivity index (χ3v) is 8.83. The van der Waals surface area contributed by atoms with E-state index < -0.39 is 9.84 Å². The molecule has 5 nitrogen and oxygen atoms in total. The summed E-state index contributed by atoms with van der Waals surface area (Å²) in [7, 11) is -3.02. The number of amides is 1. The van der Waals surface area contributed by atoms with Crippen LogP contribution in [0.5, 0.6) is 0 Å². The van der Waals surface area contributed by atoms with Gasteiger partial charge >= 0.3 is 0 Å². The van der Waals surface area contributed by atoms with Crippen LogP contribution in [0.15, 0.2) is 65.7 Å². The lowest BCUT2D eigenvalue weighted by Gasteiger charge is -2.24. The van der Waals surface area contributed by atoms with Crippen molar-refractivity contribution < 1.29 is 13.2 Å². The Hall–Kier alpha value is -2.12. The molecule has 0 unspecified atom stereocenters. The molecule has 2 heterocycles. The van der Waals surface area contributed by atoms with E-state index in [1.54, 1.807) is 0 Å². The molecule has 2 atom stereocenters. The molecular formula is C23H26N2O3S2. The number of nitrogens with zero attached hydrogens (tertiary/aromatic N) is 2. The highest BCUT2D eigenvalue weighted by Gasteiger charge is 2.48. The minimum absolute atomic E-state index is 0.0263. The normalized spacial score (nSPS) is 23.6. The van der Waals surface area contributed by atoms with Gasteiger partial charge in [-0.05, 0) is 30.4 Å². The van der Waals surface area contributed by atoms with Gasteiger partial charge in [-0.15, -0.1) is 0 Å². The monoisotopic (exact) mass is 442 g/mol. The number of sulfone groups is 1. The fourth-order valence-corrected chi connectivity index (χ4v) is 8.04. The summed E-state index contributed by atoms with van der Waals surface area (Å²) in [6.45, 7) is 0.670. The average Bonchev–Trinajstić information content (AvgIpc) is 3.19. The zero-order valence-electron chi connectivity index (χ0n) is 16.8. The van der Waals surface area contributed by atoms with Crippen LogP contribution in [-0.2, 0) is 27.5 Å². The molecule has 0 N–H and O–H groups in total. The van der Waals surface area contributed by atoms with Crippen LogP contribution in [-0.4, -0.2) is 53.7 Å². The summed E-state index contributed by atoms with van der Waals surface area (Å²) in [5.74, 6) is 0.201. The molecule has 0 spiro atoms. The largest absolute Gasteiger partial charge is 0.346 e. The maximum atomic E-state index is 12.5. The van der Waals surface area contributed by atoms with Crippen molar-refractivity contribution in [3.63, 3.8) is 0 Å². The Morgan fingerprint density at radius 2 is 1.60 bits per heavy atom. The maximum absolute atomic E-state index is 12.5. The predicted molar refractivity (Wildman–Crippen MR) is 122 cm³/mol. The number of rotatable bonds is 7. The third-order valence-electron chi connectivity index (χ3n) is 5.58. The number of hydrogen-bond donors (Lipinski definition) is 0. The van der Waals surface area contributed by atoms with Gasteiger partial charge in [0.15, 0.2) is 15.0 Å². The molecule has 0 aliphatic carbocycles. The summed E-state index contributed by atoms with van der Waals surface area (Å²) >= 11 is 1.46. The fourth-order valence-electron chi connectivity index (χ4n) is 4.04. The van der Waals surface area contributed by atoms with Crippen LogP contribution in [0.4, 0.5) is 0 Å². The van der Waals surface area contributed by atoms with E-state index in [-0.39, 0.29) is 28.7 Å². The van der Waals surface area contributed by atoms with Crippen LogP contribution < -0.4 is 0 Å². The summed E-state index contributed by atoms with van der Waals surface area (Å²) < 4.78 is 24.2. The van der Waals surface area contributed by atoms with E-state index in [0.29, 0.717) is 18.1 Å². The quantitative estimate of drug-likeness (QED) is 0.658. The topological polar surface area (TPSA) is 66.8 Å². The molecule has 158 valence electrons. The Bertz CT molecular complexity index is 1010. The number of aryl methyl sites for hydroxylation is 1. The van der Waals surface area contributed by atoms with Gasteiger partial charge in [0.05, 0.1) is 17.5 Å². The van der Waals surface area contributed by atoms with Crippen LogP contribution in [0.2, 0.25) is 0 Å². The molecule has 0 radical (unpaired) electrons. The Morgan fingerprint density at radius 1 is 0.967 bits per heavy atom. The van der Waals surface area contributed by atoms with Crippen molar-refractivity contribution in [3.8, 4) is 0 Å². The Labute approximate surface area is 182 Å². The molecule has 2 aliphatic rings. The lowest BCUT2D eigenvalue weighted by atomic mass is 10.1. The highest BCUT2D eigenvalue weighted by molar-refractivity contribution is 8.15. The Kier molecular flexibility index (Phi) is 6.58. The Morgan fingerprint density at radius 3 is 2.27 bits per heavy atom. The molecular weight excluding hydrogens is 416 g/mol. The van der Waals surface area contributed by atoms with Gasteiger partial charge in [0.2, 0.25) is 5.91 Å². The first kappa shape index (κ1) is 21.1. The molecule has 4 rings (SSSR count). The molecule has 7 heteroatoms. The number of carbonyl (C=O) groups excluding carboxylic acids is 1. The van der Waals surface area contributed by atoms with Crippen molar-refractivity contribution in [2.75, 3.05) is 18.1 Å². The van der Waals surface area contributed by atoms with Crippen LogP contribution in [0.3, 0.4) is 0 Å². The van der Waals surface area contributed by atoms with Gasteiger partial charge in [0.1, 0.15) is 0 Å². The van der Waals surface area contributed by atoms with Gasteiger partial charge in [-0.3, -0.25) is 4.79 Å². The Balaban J connectivity index is 1.41. The van der Waals surface area contributed by atoms with Crippen LogP contribution in [0.25, 0.3) is 0 Å². The smallest absolute Gasteiger partial charge is 0.248 e. The third kappa shape index (κ3) is 5.32. The fraction of sp³-hybridized carbons (Fsp3) is 0.391. The SMILES string of the molecule is O=C(CCCc1ccccc1)N=C1S[C@@H]2CS(=O)(=O)C[C@H]2N1CCc1ccccc1. The van der Waals surface area contributed by atoms with E-state index >= 15 is 0 Å². The molecule has 2 aromatic carbocycles. The summed E-state index contributed by atoms with van der Waals surface area (Å²) in [6, 6.07) is 20.2.